The van der Waals surface area contributed by atoms with Crippen LogP contribution in [0.25, 0.3) is 0 Å². The number of furan rings is 1. The van der Waals surface area contributed by atoms with Gasteiger partial charge in [0.05, 0.1) is 12.8 Å². The van der Waals surface area contributed by atoms with E-state index in [0.717, 1.165) is 11.7 Å². The van der Waals surface area contributed by atoms with E-state index in [9.17, 15) is 0 Å². The highest BCUT2D eigenvalue weighted by Gasteiger charge is 2.05. The molecule has 110 valence electrons. The molecule has 19 heavy (non-hydrogen) atoms. The van der Waals surface area contributed by atoms with Gasteiger partial charge in [-0.3, -0.25) is 4.99 Å². The lowest BCUT2D eigenvalue weighted by Gasteiger charge is -2.17. The smallest absolute Gasteiger partial charge is 0.191 e. The van der Waals surface area contributed by atoms with E-state index >= 15 is 0 Å². The number of hydrogen-bond donors (Lipinski definition) is 2. The summed E-state index contributed by atoms with van der Waals surface area (Å²) in [5.74, 6) is 1.74. The molecule has 0 radical (unpaired) electrons. The third kappa shape index (κ3) is 8.13. The van der Waals surface area contributed by atoms with Crippen molar-refractivity contribution >= 4 is 29.9 Å². The van der Waals surface area contributed by atoms with Gasteiger partial charge in [-0.25, -0.2) is 0 Å². The molecule has 0 saturated carbocycles. The van der Waals surface area contributed by atoms with Gasteiger partial charge in [-0.2, -0.15) is 0 Å². The predicted octanol–water partition coefficient (Wildman–Crippen LogP) is 3.53. The van der Waals surface area contributed by atoms with Crippen LogP contribution in [0.3, 0.4) is 0 Å². The molecule has 0 aromatic carbocycles. The summed E-state index contributed by atoms with van der Waals surface area (Å²) in [6, 6.07) is 4.28. The molecule has 0 amide bonds. The molecular formula is C14H26IN3O. The normalized spacial score (nSPS) is 12.7. The van der Waals surface area contributed by atoms with Gasteiger partial charge in [0.1, 0.15) is 5.76 Å². The SMILES string of the molecule is CCCCCC(C)NC(=NC)NCc1ccco1.I. The van der Waals surface area contributed by atoms with Gasteiger partial charge in [0.25, 0.3) is 0 Å². The number of nitrogens with zero attached hydrogens (tertiary/aromatic N) is 1. The van der Waals surface area contributed by atoms with Gasteiger partial charge in [0.15, 0.2) is 5.96 Å². The molecule has 0 aliphatic rings. The van der Waals surface area contributed by atoms with Crippen LogP contribution in [0.5, 0.6) is 0 Å². The summed E-state index contributed by atoms with van der Waals surface area (Å²) in [5, 5.41) is 6.62. The summed E-state index contributed by atoms with van der Waals surface area (Å²) < 4.78 is 5.27. The van der Waals surface area contributed by atoms with E-state index in [0.29, 0.717) is 12.6 Å². The molecule has 0 fully saturated rings. The molecule has 0 saturated heterocycles. The first-order valence-corrected chi connectivity index (χ1v) is 6.75. The Kier molecular flexibility index (Phi) is 10.7. The molecule has 0 aliphatic carbocycles. The van der Waals surface area contributed by atoms with Crippen LogP contribution in [0.1, 0.15) is 45.3 Å². The fourth-order valence-electron chi connectivity index (χ4n) is 1.78. The van der Waals surface area contributed by atoms with Crippen LogP contribution >= 0.6 is 24.0 Å². The van der Waals surface area contributed by atoms with Crippen molar-refractivity contribution in [2.45, 2.75) is 52.1 Å². The largest absolute Gasteiger partial charge is 0.467 e. The second-order valence-corrected chi connectivity index (χ2v) is 4.55. The van der Waals surface area contributed by atoms with E-state index in [1.807, 2.05) is 12.1 Å². The molecular weight excluding hydrogens is 353 g/mol. The standard InChI is InChI=1S/C14H25N3O.HI/c1-4-5-6-8-12(2)17-14(15-3)16-11-13-9-7-10-18-13;/h7,9-10,12H,4-6,8,11H2,1-3H3,(H2,15,16,17);1H. The number of nitrogens with one attached hydrogen (secondary N) is 2. The molecule has 2 N–H and O–H groups in total. The molecule has 1 aromatic rings. The lowest BCUT2D eigenvalue weighted by Crippen LogP contribution is -2.41. The maximum Gasteiger partial charge on any atom is 0.191 e. The van der Waals surface area contributed by atoms with Crippen molar-refractivity contribution in [2.75, 3.05) is 7.05 Å². The zero-order chi connectivity index (χ0) is 13.2. The van der Waals surface area contributed by atoms with Crippen LogP contribution in [-0.2, 0) is 6.54 Å². The minimum absolute atomic E-state index is 0. The van der Waals surface area contributed by atoms with E-state index < -0.39 is 0 Å². The fourth-order valence-corrected chi connectivity index (χ4v) is 1.78. The van der Waals surface area contributed by atoms with Crippen molar-refractivity contribution in [3.63, 3.8) is 0 Å². The second kappa shape index (κ2) is 11.1. The van der Waals surface area contributed by atoms with Crippen molar-refractivity contribution in [1.82, 2.24) is 10.6 Å². The molecule has 4 nitrogen and oxygen atoms in total. The van der Waals surface area contributed by atoms with Crippen LogP contribution in [0.15, 0.2) is 27.8 Å². The highest BCUT2D eigenvalue weighted by atomic mass is 127. The number of rotatable bonds is 7. The topological polar surface area (TPSA) is 49.6 Å². The van der Waals surface area contributed by atoms with Crippen molar-refractivity contribution in [1.29, 1.82) is 0 Å². The first kappa shape index (κ1) is 18.3. The average molecular weight is 379 g/mol. The average Bonchev–Trinajstić information content (AvgIpc) is 2.88. The number of guanidine groups is 1. The lowest BCUT2D eigenvalue weighted by molar-refractivity contribution is 0.497. The quantitative estimate of drug-likeness (QED) is 0.330. The van der Waals surface area contributed by atoms with Gasteiger partial charge in [0.2, 0.25) is 0 Å². The zero-order valence-electron chi connectivity index (χ0n) is 12.1. The minimum Gasteiger partial charge on any atom is -0.467 e. The van der Waals surface area contributed by atoms with Gasteiger partial charge in [-0.15, -0.1) is 24.0 Å². The third-order valence-corrected chi connectivity index (χ3v) is 2.86. The Hall–Kier alpha value is -0.720. The summed E-state index contributed by atoms with van der Waals surface area (Å²) in [6.45, 7) is 5.08. The molecule has 1 aromatic heterocycles. The molecule has 1 unspecified atom stereocenters. The van der Waals surface area contributed by atoms with Crippen molar-refractivity contribution in [2.24, 2.45) is 4.99 Å². The zero-order valence-corrected chi connectivity index (χ0v) is 14.4. The van der Waals surface area contributed by atoms with Crippen molar-refractivity contribution in [3.8, 4) is 0 Å². The highest BCUT2D eigenvalue weighted by Crippen LogP contribution is 2.03. The van der Waals surface area contributed by atoms with Gasteiger partial charge in [0, 0.05) is 13.1 Å². The second-order valence-electron chi connectivity index (χ2n) is 4.55. The van der Waals surface area contributed by atoms with Gasteiger partial charge in [-0.05, 0) is 25.5 Å². The summed E-state index contributed by atoms with van der Waals surface area (Å²) >= 11 is 0. The van der Waals surface area contributed by atoms with Crippen molar-refractivity contribution in [3.05, 3.63) is 24.2 Å². The van der Waals surface area contributed by atoms with E-state index in [-0.39, 0.29) is 24.0 Å². The Morgan fingerprint density at radius 2 is 2.21 bits per heavy atom. The highest BCUT2D eigenvalue weighted by molar-refractivity contribution is 14.0. The molecule has 0 spiro atoms. The fraction of sp³-hybridized carbons (Fsp3) is 0.643. The molecule has 1 rings (SSSR count). The molecule has 0 aliphatic heterocycles. The summed E-state index contributed by atoms with van der Waals surface area (Å²) in [7, 11) is 1.79. The number of unbranched alkanes of at least 4 members (excludes halogenated alkanes) is 2. The van der Waals surface area contributed by atoms with Gasteiger partial charge < -0.3 is 15.1 Å². The Morgan fingerprint density at radius 3 is 2.79 bits per heavy atom. The Morgan fingerprint density at radius 1 is 1.42 bits per heavy atom. The van der Waals surface area contributed by atoms with Gasteiger partial charge >= 0.3 is 0 Å². The Labute approximate surface area is 133 Å². The summed E-state index contributed by atoms with van der Waals surface area (Å²) in [5.41, 5.74) is 0. The van der Waals surface area contributed by atoms with E-state index in [1.165, 1.54) is 25.7 Å². The minimum atomic E-state index is 0. The molecule has 1 atom stereocenters. The van der Waals surface area contributed by atoms with E-state index in [2.05, 4.69) is 29.5 Å². The maximum absolute atomic E-state index is 5.27. The Balaban J connectivity index is 0.00000324. The van der Waals surface area contributed by atoms with Crippen LogP contribution in [0, 0.1) is 0 Å². The van der Waals surface area contributed by atoms with Crippen molar-refractivity contribution < 1.29 is 4.42 Å². The molecule has 0 bridgehead atoms. The lowest BCUT2D eigenvalue weighted by atomic mass is 10.1. The van der Waals surface area contributed by atoms with Crippen LogP contribution in [-0.4, -0.2) is 19.0 Å². The third-order valence-electron chi connectivity index (χ3n) is 2.86. The van der Waals surface area contributed by atoms with Crippen LogP contribution in [0.2, 0.25) is 0 Å². The monoisotopic (exact) mass is 379 g/mol. The van der Waals surface area contributed by atoms with E-state index in [1.54, 1.807) is 13.3 Å². The van der Waals surface area contributed by atoms with Crippen LogP contribution < -0.4 is 10.6 Å². The van der Waals surface area contributed by atoms with Crippen LogP contribution in [0.4, 0.5) is 0 Å². The summed E-state index contributed by atoms with van der Waals surface area (Å²) in [4.78, 5) is 4.21. The maximum atomic E-state index is 5.27. The number of hydrogen-bond acceptors (Lipinski definition) is 2. The first-order chi connectivity index (χ1) is 8.76. The van der Waals surface area contributed by atoms with Gasteiger partial charge in [-0.1, -0.05) is 26.2 Å². The Bertz CT molecular complexity index is 338. The molecule has 5 heteroatoms. The first-order valence-electron chi connectivity index (χ1n) is 6.75. The van der Waals surface area contributed by atoms with E-state index in [4.69, 9.17) is 4.42 Å². The summed E-state index contributed by atoms with van der Waals surface area (Å²) in [6.07, 6.45) is 6.68. The predicted molar refractivity (Wildman–Crippen MR) is 91.1 cm³/mol. The number of halogens is 1. The number of aliphatic imine (C=N–C) groups is 1. The molecule has 1 heterocycles.